The largest absolute Gasteiger partial charge is 0.460 e. The van der Waals surface area contributed by atoms with Crippen molar-refractivity contribution in [2.24, 2.45) is 5.92 Å². The Morgan fingerprint density at radius 1 is 1.11 bits per heavy atom. The Bertz CT molecular complexity index is 1170. The molecular formula is C37H61ClN4O4. The van der Waals surface area contributed by atoms with Gasteiger partial charge in [-0.3, -0.25) is 19.3 Å². The molecule has 3 rings (SSSR count). The van der Waals surface area contributed by atoms with Crippen molar-refractivity contribution < 1.29 is 19.1 Å². The second kappa shape index (κ2) is 24.2. The van der Waals surface area contributed by atoms with Gasteiger partial charge in [0.1, 0.15) is 17.1 Å². The van der Waals surface area contributed by atoms with E-state index in [0.717, 1.165) is 36.1 Å². The Morgan fingerprint density at radius 3 is 2.24 bits per heavy atom. The van der Waals surface area contributed by atoms with Crippen molar-refractivity contribution in [2.45, 2.75) is 120 Å². The van der Waals surface area contributed by atoms with E-state index < -0.39 is 0 Å². The van der Waals surface area contributed by atoms with Gasteiger partial charge in [-0.1, -0.05) is 76.1 Å². The molecule has 1 unspecified atom stereocenters. The summed E-state index contributed by atoms with van der Waals surface area (Å²) < 4.78 is 6.68. The molecule has 8 nitrogen and oxygen atoms in total. The van der Waals surface area contributed by atoms with E-state index in [1.807, 2.05) is 49.6 Å². The van der Waals surface area contributed by atoms with Gasteiger partial charge in [0.15, 0.2) is 5.78 Å². The molecule has 1 amide bonds. The van der Waals surface area contributed by atoms with Gasteiger partial charge in [-0.05, 0) is 84.0 Å². The summed E-state index contributed by atoms with van der Waals surface area (Å²) in [5, 5.41) is 0.875. The molecule has 1 aliphatic rings. The van der Waals surface area contributed by atoms with Crippen molar-refractivity contribution in [2.75, 3.05) is 26.2 Å². The smallest absolute Gasteiger partial charge is 0.303 e. The Hall–Kier alpha value is -2.97. The number of hydrogen-bond donors (Lipinski definition) is 0. The molecule has 1 aliphatic heterocycles. The first-order valence-electron chi connectivity index (χ1n) is 16.7. The van der Waals surface area contributed by atoms with Crippen molar-refractivity contribution in [3.05, 3.63) is 64.7 Å². The number of ketones is 1. The molecule has 0 fully saturated rings. The number of aromatic nitrogens is 2. The predicted molar refractivity (Wildman–Crippen MR) is 191 cm³/mol. The van der Waals surface area contributed by atoms with Gasteiger partial charge in [0.05, 0.1) is 12.7 Å². The fourth-order valence-electron chi connectivity index (χ4n) is 4.60. The summed E-state index contributed by atoms with van der Waals surface area (Å²) in [6, 6.07) is 7.91. The van der Waals surface area contributed by atoms with Crippen LogP contribution in [0.4, 0.5) is 0 Å². The molecule has 1 atom stereocenters. The van der Waals surface area contributed by atoms with Crippen LogP contribution >= 0.6 is 11.6 Å². The van der Waals surface area contributed by atoms with Gasteiger partial charge in [0.25, 0.3) is 0 Å². The van der Waals surface area contributed by atoms with Crippen molar-refractivity contribution in [3.63, 3.8) is 0 Å². The van der Waals surface area contributed by atoms with E-state index in [2.05, 4.69) is 56.7 Å². The number of aryl methyl sites for hydroxylation is 1. The highest BCUT2D eigenvalue weighted by Gasteiger charge is 2.20. The summed E-state index contributed by atoms with van der Waals surface area (Å²) in [5.74, 6) is 1.48. The van der Waals surface area contributed by atoms with E-state index in [4.69, 9.17) is 16.3 Å². The highest BCUT2D eigenvalue weighted by molar-refractivity contribution is 6.31. The van der Waals surface area contributed by atoms with Crippen LogP contribution in [0.15, 0.2) is 42.6 Å². The fraction of sp³-hybridized carbons (Fsp3) is 0.622. The average molecular weight is 661 g/mol. The topological polar surface area (TPSA) is 84.7 Å². The van der Waals surface area contributed by atoms with Gasteiger partial charge < -0.3 is 14.2 Å². The minimum absolute atomic E-state index is 0.0169. The second-order valence-corrected chi connectivity index (χ2v) is 12.9. The third-order valence-electron chi connectivity index (χ3n) is 7.20. The Morgan fingerprint density at radius 2 is 1.78 bits per heavy atom. The number of nitrogens with zero attached hydrogens (tertiary/aromatic N) is 4. The summed E-state index contributed by atoms with van der Waals surface area (Å²) in [6.07, 6.45) is 13.1. The lowest BCUT2D eigenvalue weighted by atomic mass is 10.0. The maximum Gasteiger partial charge on any atom is 0.303 e. The first-order chi connectivity index (χ1) is 21.7. The molecule has 2 aromatic rings. The minimum Gasteiger partial charge on any atom is -0.460 e. The highest BCUT2D eigenvalue weighted by Crippen LogP contribution is 2.15. The molecule has 0 aliphatic carbocycles. The Kier molecular flexibility index (Phi) is 22.7. The van der Waals surface area contributed by atoms with Crippen LogP contribution in [-0.2, 0) is 33.8 Å². The molecule has 0 radical (unpaired) electrons. The molecular weight excluding hydrogens is 600 g/mol. The van der Waals surface area contributed by atoms with Crippen LogP contribution in [0.3, 0.4) is 0 Å². The second-order valence-electron chi connectivity index (χ2n) is 12.5. The van der Waals surface area contributed by atoms with E-state index in [9.17, 15) is 14.4 Å². The number of ether oxygens (including phenoxy) is 1. The van der Waals surface area contributed by atoms with Gasteiger partial charge in [-0.15, -0.1) is 0 Å². The lowest BCUT2D eigenvalue weighted by Gasteiger charge is -2.24. The van der Waals surface area contributed by atoms with Crippen LogP contribution in [0.5, 0.6) is 0 Å². The molecule has 0 bridgehead atoms. The lowest BCUT2D eigenvalue weighted by Crippen LogP contribution is -2.33. The van der Waals surface area contributed by atoms with Gasteiger partial charge in [0.2, 0.25) is 6.41 Å². The van der Waals surface area contributed by atoms with Crippen molar-refractivity contribution in [1.29, 1.82) is 0 Å². The van der Waals surface area contributed by atoms with E-state index in [1.165, 1.54) is 58.2 Å². The zero-order valence-corrected chi connectivity index (χ0v) is 31.0. The van der Waals surface area contributed by atoms with Crippen LogP contribution < -0.4 is 0 Å². The standard InChI is InChI=1S/C14H29N.C9H11N3O2.C8H9Cl.C6H12O2/c1-5-8-12-15(11-6-2)13-9-10-14(4)7-3;1-7(14)8-4-10-9-5-11(6-13)2-3-12(8)9;1-2-7-5-3-4-6-8(7)9;1-5(7)8-6(2,3)4/h5,8,14H,6-7,9-13H2,1-4H3;4,6H,2-3,5H2,1H3;3-6H,2H2,1H3;1-4H3/b8-5+;;;. The molecule has 46 heavy (non-hydrogen) atoms. The maximum atomic E-state index is 11.2. The van der Waals surface area contributed by atoms with Gasteiger partial charge >= 0.3 is 5.97 Å². The summed E-state index contributed by atoms with van der Waals surface area (Å²) in [4.78, 5) is 40.3. The van der Waals surface area contributed by atoms with Crippen LogP contribution in [-0.4, -0.2) is 69.3 Å². The molecule has 260 valence electrons. The number of imidazole rings is 1. The van der Waals surface area contributed by atoms with Gasteiger partial charge in [-0.2, -0.15) is 0 Å². The van der Waals surface area contributed by atoms with Crippen LogP contribution in [0.25, 0.3) is 0 Å². The zero-order chi connectivity index (χ0) is 35.1. The van der Waals surface area contributed by atoms with Crippen LogP contribution in [0.1, 0.15) is 117 Å². The number of halogens is 1. The first-order valence-corrected chi connectivity index (χ1v) is 17.1. The number of rotatable bonds is 12. The number of esters is 1. The summed E-state index contributed by atoms with van der Waals surface area (Å²) in [6.45, 7) is 25.0. The van der Waals surface area contributed by atoms with Gasteiger partial charge in [-0.25, -0.2) is 4.98 Å². The van der Waals surface area contributed by atoms with E-state index in [0.29, 0.717) is 25.3 Å². The Labute approximate surface area is 284 Å². The maximum absolute atomic E-state index is 11.2. The minimum atomic E-state index is -0.328. The van der Waals surface area contributed by atoms with Crippen molar-refractivity contribution >= 4 is 29.8 Å². The molecule has 9 heteroatoms. The van der Waals surface area contributed by atoms with Crippen LogP contribution in [0.2, 0.25) is 5.02 Å². The molecule has 0 saturated carbocycles. The number of carbonyl (C=O) groups is 3. The quantitative estimate of drug-likeness (QED) is 0.0984. The lowest BCUT2D eigenvalue weighted by molar-refractivity contribution is -0.151. The number of Topliss-reactive ketones (excluding diaryl/α,β-unsaturated/α-hetero) is 1. The summed E-state index contributed by atoms with van der Waals surface area (Å²) in [7, 11) is 0. The van der Waals surface area contributed by atoms with E-state index in [1.54, 1.807) is 11.1 Å². The number of fused-ring (bicyclic) bond motifs is 1. The fourth-order valence-corrected chi connectivity index (χ4v) is 4.87. The monoisotopic (exact) mass is 660 g/mol. The molecule has 0 spiro atoms. The third-order valence-corrected chi connectivity index (χ3v) is 7.57. The van der Waals surface area contributed by atoms with Crippen LogP contribution in [0, 0.1) is 5.92 Å². The SMILES string of the molecule is C/C=C/CN(CCC)CCCC(C)CC.CC(=O)OC(C)(C)C.CC(=O)c1cnc2n1CCN(C=O)C2.CCc1ccccc1Cl. The van der Waals surface area contributed by atoms with Gasteiger partial charge in [0, 0.05) is 38.5 Å². The third kappa shape index (κ3) is 19.5. The molecule has 1 aromatic heterocycles. The number of amides is 1. The number of hydrogen-bond acceptors (Lipinski definition) is 6. The van der Waals surface area contributed by atoms with Crippen molar-refractivity contribution in [1.82, 2.24) is 19.4 Å². The Balaban J connectivity index is 0.000000607. The molecule has 2 heterocycles. The normalized spacial score (nSPS) is 12.9. The first kappa shape index (κ1) is 43.0. The molecule has 0 saturated heterocycles. The summed E-state index contributed by atoms with van der Waals surface area (Å²) >= 11 is 5.82. The number of carbonyl (C=O) groups excluding carboxylic acids is 3. The molecule has 0 N–H and O–H groups in total. The highest BCUT2D eigenvalue weighted by atomic mass is 35.5. The number of benzene rings is 1. The van der Waals surface area contributed by atoms with E-state index >= 15 is 0 Å². The number of allylic oxidation sites excluding steroid dienone is 1. The average Bonchev–Trinajstić information content (AvgIpc) is 3.43. The van der Waals surface area contributed by atoms with Crippen molar-refractivity contribution in [3.8, 4) is 0 Å². The van der Waals surface area contributed by atoms with E-state index in [-0.39, 0.29) is 17.4 Å². The molecule has 1 aromatic carbocycles. The zero-order valence-electron chi connectivity index (χ0n) is 30.3. The summed E-state index contributed by atoms with van der Waals surface area (Å²) in [5.41, 5.74) is 1.52. The predicted octanol–water partition coefficient (Wildman–Crippen LogP) is 8.41.